The van der Waals surface area contributed by atoms with Crippen molar-refractivity contribution >= 4 is 35.0 Å². The fraction of sp³-hybridized carbons (Fsp3) is 0.222. The van der Waals surface area contributed by atoms with E-state index in [0.29, 0.717) is 26.9 Å². The molecule has 0 N–H and O–H groups in total. The van der Waals surface area contributed by atoms with Crippen molar-refractivity contribution in [1.82, 2.24) is 10.2 Å². The van der Waals surface area contributed by atoms with Crippen LogP contribution in [0.2, 0.25) is 10.0 Å². The van der Waals surface area contributed by atoms with Crippen molar-refractivity contribution in [3.8, 4) is 5.75 Å². The molecule has 25 heavy (non-hydrogen) atoms. The van der Waals surface area contributed by atoms with Crippen LogP contribution in [0.4, 0.5) is 0 Å². The van der Waals surface area contributed by atoms with E-state index in [0.717, 1.165) is 16.9 Å². The van der Waals surface area contributed by atoms with Crippen molar-refractivity contribution < 1.29 is 9.15 Å². The van der Waals surface area contributed by atoms with Crippen LogP contribution in [0.25, 0.3) is 0 Å². The number of aryl methyl sites for hydroxylation is 1. The summed E-state index contributed by atoms with van der Waals surface area (Å²) in [4.78, 5) is 0. The molecule has 0 amide bonds. The zero-order valence-electron chi connectivity index (χ0n) is 13.8. The van der Waals surface area contributed by atoms with Gasteiger partial charge in [-0.25, -0.2) is 0 Å². The summed E-state index contributed by atoms with van der Waals surface area (Å²) < 4.78 is 11.4. The van der Waals surface area contributed by atoms with E-state index in [9.17, 15) is 0 Å². The predicted octanol–water partition coefficient (Wildman–Crippen LogP) is 5.86. The van der Waals surface area contributed by atoms with E-state index in [-0.39, 0.29) is 6.61 Å². The van der Waals surface area contributed by atoms with Crippen LogP contribution in [0.15, 0.2) is 46.0 Å². The largest absolute Gasteiger partial charge is 0.484 e. The Kier molecular flexibility index (Phi) is 5.89. The van der Waals surface area contributed by atoms with E-state index in [1.54, 1.807) is 12.1 Å². The topological polar surface area (TPSA) is 48.2 Å². The lowest BCUT2D eigenvalue weighted by atomic mass is 10.1. The Morgan fingerprint density at radius 3 is 2.76 bits per heavy atom. The summed E-state index contributed by atoms with van der Waals surface area (Å²) in [5.74, 6) is 1.88. The molecule has 0 atom stereocenters. The van der Waals surface area contributed by atoms with Crippen molar-refractivity contribution in [3.63, 3.8) is 0 Å². The Morgan fingerprint density at radius 1 is 1.12 bits per heavy atom. The lowest BCUT2D eigenvalue weighted by molar-refractivity contribution is 0.250. The minimum atomic E-state index is 0.236. The Balaban J connectivity index is 1.58. The van der Waals surface area contributed by atoms with E-state index >= 15 is 0 Å². The van der Waals surface area contributed by atoms with E-state index in [1.807, 2.05) is 38.1 Å². The number of hydrogen-bond donors (Lipinski definition) is 0. The molecule has 0 bridgehead atoms. The second kappa shape index (κ2) is 8.13. The number of benzene rings is 2. The number of aromatic nitrogens is 2. The molecular weight excluding hydrogens is 379 g/mol. The van der Waals surface area contributed by atoms with Gasteiger partial charge >= 0.3 is 0 Å². The maximum Gasteiger partial charge on any atom is 0.277 e. The second-order valence-electron chi connectivity index (χ2n) is 5.47. The first kappa shape index (κ1) is 18.1. The molecule has 4 nitrogen and oxygen atoms in total. The summed E-state index contributed by atoms with van der Waals surface area (Å²) in [5, 5.41) is 9.76. The highest BCUT2D eigenvalue weighted by atomic mass is 35.5. The standard InChI is InChI=1S/C18H16Cl2N2O2S/c1-11-4-3-5-16(12(11)2)23-9-17-21-22-18(24-17)25-10-13-6-7-14(19)8-15(13)20/h3-8H,9-10H2,1-2H3. The summed E-state index contributed by atoms with van der Waals surface area (Å²) in [6.07, 6.45) is 0. The van der Waals surface area contributed by atoms with Gasteiger partial charge < -0.3 is 9.15 Å². The Labute approximate surface area is 160 Å². The molecule has 3 rings (SSSR count). The third-order valence-electron chi connectivity index (χ3n) is 3.72. The van der Waals surface area contributed by atoms with Crippen LogP contribution in [0.5, 0.6) is 5.75 Å². The van der Waals surface area contributed by atoms with Gasteiger partial charge in [-0.2, -0.15) is 0 Å². The number of halogens is 2. The van der Waals surface area contributed by atoms with E-state index in [1.165, 1.54) is 17.3 Å². The average Bonchev–Trinajstić information content (AvgIpc) is 3.03. The number of hydrogen-bond acceptors (Lipinski definition) is 5. The maximum absolute atomic E-state index is 6.16. The molecule has 0 unspecified atom stereocenters. The van der Waals surface area contributed by atoms with Gasteiger partial charge in [-0.1, -0.05) is 53.2 Å². The molecule has 0 aliphatic rings. The van der Waals surface area contributed by atoms with Crippen LogP contribution in [-0.2, 0) is 12.4 Å². The minimum absolute atomic E-state index is 0.236. The third kappa shape index (κ3) is 4.69. The van der Waals surface area contributed by atoms with Gasteiger partial charge in [0, 0.05) is 15.8 Å². The van der Waals surface area contributed by atoms with Crippen LogP contribution >= 0.6 is 35.0 Å². The number of nitrogens with zero attached hydrogens (tertiary/aromatic N) is 2. The number of rotatable bonds is 6. The third-order valence-corrected chi connectivity index (χ3v) is 5.17. The van der Waals surface area contributed by atoms with Gasteiger partial charge in [0.1, 0.15) is 5.75 Å². The summed E-state index contributed by atoms with van der Waals surface area (Å²) in [7, 11) is 0. The molecule has 7 heteroatoms. The van der Waals surface area contributed by atoms with Crippen molar-refractivity contribution in [1.29, 1.82) is 0 Å². The van der Waals surface area contributed by atoms with Gasteiger partial charge in [-0.15, -0.1) is 10.2 Å². The predicted molar refractivity (Wildman–Crippen MR) is 101 cm³/mol. The molecule has 1 heterocycles. The van der Waals surface area contributed by atoms with Crippen LogP contribution in [0.3, 0.4) is 0 Å². The summed E-state index contributed by atoms with van der Waals surface area (Å²) in [5.41, 5.74) is 3.25. The van der Waals surface area contributed by atoms with Crippen molar-refractivity contribution in [3.05, 3.63) is 69.0 Å². The highest BCUT2D eigenvalue weighted by molar-refractivity contribution is 7.98. The Morgan fingerprint density at radius 2 is 1.96 bits per heavy atom. The molecule has 1 aromatic heterocycles. The molecule has 130 valence electrons. The van der Waals surface area contributed by atoms with Crippen molar-refractivity contribution in [2.45, 2.75) is 31.4 Å². The van der Waals surface area contributed by atoms with Gasteiger partial charge in [0.15, 0.2) is 6.61 Å². The molecule has 0 spiro atoms. The molecule has 0 fully saturated rings. The highest BCUT2D eigenvalue weighted by Crippen LogP contribution is 2.28. The molecule has 0 radical (unpaired) electrons. The first-order chi connectivity index (χ1) is 12.0. The fourth-order valence-corrected chi connectivity index (χ4v) is 3.49. The van der Waals surface area contributed by atoms with Gasteiger partial charge in [0.25, 0.3) is 11.1 Å². The summed E-state index contributed by atoms with van der Waals surface area (Å²) >= 11 is 13.5. The second-order valence-corrected chi connectivity index (χ2v) is 7.24. The molecule has 0 saturated carbocycles. The molecule has 0 saturated heterocycles. The van der Waals surface area contributed by atoms with Gasteiger partial charge in [-0.05, 0) is 48.7 Å². The van der Waals surface area contributed by atoms with E-state index in [4.69, 9.17) is 32.4 Å². The minimum Gasteiger partial charge on any atom is -0.484 e. The number of thioether (sulfide) groups is 1. The van der Waals surface area contributed by atoms with Gasteiger partial charge in [0.05, 0.1) is 0 Å². The van der Waals surface area contributed by atoms with Crippen LogP contribution in [0, 0.1) is 13.8 Å². The average molecular weight is 395 g/mol. The normalized spacial score (nSPS) is 10.9. The lowest BCUT2D eigenvalue weighted by Gasteiger charge is -2.08. The first-order valence-corrected chi connectivity index (χ1v) is 9.35. The lowest BCUT2D eigenvalue weighted by Crippen LogP contribution is -1.98. The van der Waals surface area contributed by atoms with Gasteiger partial charge in [0.2, 0.25) is 0 Å². The quantitative estimate of drug-likeness (QED) is 0.489. The van der Waals surface area contributed by atoms with Crippen molar-refractivity contribution in [2.75, 3.05) is 0 Å². The monoisotopic (exact) mass is 394 g/mol. The summed E-state index contributed by atoms with van der Waals surface area (Å²) in [6, 6.07) is 11.3. The smallest absolute Gasteiger partial charge is 0.277 e. The zero-order chi connectivity index (χ0) is 17.8. The maximum atomic E-state index is 6.16. The molecule has 2 aromatic carbocycles. The van der Waals surface area contributed by atoms with Crippen LogP contribution in [-0.4, -0.2) is 10.2 Å². The molecular formula is C18H16Cl2N2O2S. The molecule has 0 aliphatic heterocycles. The van der Waals surface area contributed by atoms with E-state index in [2.05, 4.69) is 10.2 Å². The van der Waals surface area contributed by atoms with Gasteiger partial charge in [-0.3, -0.25) is 0 Å². The fourth-order valence-electron chi connectivity index (χ4n) is 2.15. The molecule has 3 aromatic rings. The Bertz CT molecular complexity index is 883. The van der Waals surface area contributed by atoms with Crippen LogP contribution in [0.1, 0.15) is 22.6 Å². The van der Waals surface area contributed by atoms with Crippen LogP contribution < -0.4 is 4.74 Å². The van der Waals surface area contributed by atoms with E-state index < -0.39 is 0 Å². The molecule has 0 aliphatic carbocycles. The Hall–Kier alpha value is -1.69. The summed E-state index contributed by atoms with van der Waals surface area (Å²) in [6.45, 7) is 4.31. The zero-order valence-corrected chi connectivity index (χ0v) is 16.1. The first-order valence-electron chi connectivity index (χ1n) is 7.61. The SMILES string of the molecule is Cc1cccc(OCc2nnc(SCc3ccc(Cl)cc3Cl)o2)c1C. The number of ether oxygens (including phenoxy) is 1. The highest BCUT2D eigenvalue weighted by Gasteiger charge is 2.10. The van der Waals surface area contributed by atoms with Crippen molar-refractivity contribution in [2.24, 2.45) is 0 Å².